The molecule has 69 heavy (non-hydrogen) atoms. The number of nitrogens with zero attached hydrogens (tertiary/aromatic N) is 5. The molecule has 0 unspecified atom stereocenters. The standard InChI is InChI=1S/C53H66N6O10/c1-56(26-27-59-25-10-16-47(59)52(64)57(2)28-30-67-32-34-68-33-31-66-29-21-49(60)61)51(63)40-14-8-13-39(35-40)50(62)55-45-19-18-42(58-23-6-3-7-24-58)37-44(45)46-36-41(20-22-54-46)53(65)69-48-17-9-12-38-11-4-5-15-43(38)48/h4-5,8,11,13-15,18-20,22,35-37,47-48H,3,6-7,9-10,12,16-17,21,23-34H2,1-2H3,(H,55,62)(H,60,61)/t47-,48-/m0/s1. The van der Waals surface area contributed by atoms with Gasteiger partial charge in [-0.1, -0.05) is 30.3 Å². The molecule has 2 atom stereocenters. The molecule has 2 aliphatic heterocycles. The summed E-state index contributed by atoms with van der Waals surface area (Å²) >= 11 is 0. The SMILES string of the molecule is CN(CCN1CCC[C@H]1C(=O)N(C)CCOCCOCCOCCC(=O)O)C(=O)c1cccc(C(=O)Nc2ccc(N3CCCCC3)cc2-c2cc(C(=O)O[C@H]3CCCc4ccccc43)ccn2)c1. The minimum absolute atomic E-state index is 0.00925. The van der Waals surface area contributed by atoms with Crippen LogP contribution >= 0.6 is 0 Å². The van der Waals surface area contributed by atoms with E-state index in [9.17, 15) is 24.0 Å². The molecule has 0 spiro atoms. The molecule has 3 aromatic carbocycles. The number of likely N-dealkylation sites (N-methyl/N-ethyl adjacent to an activating group) is 2. The van der Waals surface area contributed by atoms with Crippen LogP contribution in [0.5, 0.6) is 0 Å². The van der Waals surface area contributed by atoms with Gasteiger partial charge in [0.1, 0.15) is 6.10 Å². The number of carboxylic acid groups (broad SMARTS) is 1. The third kappa shape index (κ3) is 14.2. The molecular formula is C53H66N6O10. The van der Waals surface area contributed by atoms with Gasteiger partial charge < -0.3 is 44.1 Å². The molecule has 3 aliphatic rings. The number of aromatic nitrogens is 1. The van der Waals surface area contributed by atoms with Crippen LogP contribution in [-0.2, 0) is 35.0 Å². The van der Waals surface area contributed by atoms with E-state index in [1.807, 2.05) is 36.4 Å². The van der Waals surface area contributed by atoms with Gasteiger partial charge in [0.15, 0.2) is 0 Å². The maximum Gasteiger partial charge on any atom is 0.338 e. The number of anilines is 2. The molecule has 0 saturated carbocycles. The molecule has 3 amide bonds. The zero-order valence-corrected chi connectivity index (χ0v) is 39.9. The fourth-order valence-corrected chi connectivity index (χ4v) is 9.17. The number of aryl methyl sites for hydroxylation is 1. The Hall–Kier alpha value is -6.20. The molecule has 2 fully saturated rings. The summed E-state index contributed by atoms with van der Waals surface area (Å²) in [6, 6.07) is 23.8. The van der Waals surface area contributed by atoms with E-state index in [0.717, 1.165) is 75.8 Å². The highest BCUT2D eigenvalue weighted by atomic mass is 16.5. The summed E-state index contributed by atoms with van der Waals surface area (Å²) in [5.41, 5.74) is 5.99. The van der Waals surface area contributed by atoms with E-state index in [1.54, 1.807) is 66.5 Å². The van der Waals surface area contributed by atoms with Crippen LogP contribution in [0, 0.1) is 0 Å². The number of amides is 3. The van der Waals surface area contributed by atoms with Crippen LogP contribution in [0.25, 0.3) is 11.3 Å². The van der Waals surface area contributed by atoms with Crippen LogP contribution < -0.4 is 10.2 Å². The molecular weight excluding hydrogens is 881 g/mol. The minimum Gasteiger partial charge on any atom is -0.481 e. The van der Waals surface area contributed by atoms with Crippen molar-refractivity contribution in [2.75, 3.05) is 103 Å². The van der Waals surface area contributed by atoms with Crippen LogP contribution in [0.3, 0.4) is 0 Å². The van der Waals surface area contributed by atoms with Crippen molar-refractivity contribution in [1.29, 1.82) is 0 Å². The number of hydrogen-bond donors (Lipinski definition) is 2. The number of fused-ring (bicyclic) bond motifs is 1. The minimum atomic E-state index is -0.903. The van der Waals surface area contributed by atoms with E-state index in [2.05, 4.69) is 26.2 Å². The first-order valence-corrected chi connectivity index (χ1v) is 24.3. The van der Waals surface area contributed by atoms with E-state index in [1.165, 1.54) is 12.0 Å². The zero-order chi connectivity index (χ0) is 48.5. The van der Waals surface area contributed by atoms with Gasteiger partial charge in [0.05, 0.1) is 69.0 Å². The number of likely N-dealkylation sites (tertiary alicyclic amines) is 1. The third-order valence-corrected chi connectivity index (χ3v) is 13.0. The molecule has 16 heteroatoms. The molecule has 0 bridgehead atoms. The highest BCUT2D eigenvalue weighted by Crippen LogP contribution is 2.35. The van der Waals surface area contributed by atoms with Gasteiger partial charge in [-0.05, 0) is 118 Å². The second kappa shape index (κ2) is 25.4. The average molecular weight is 947 g/mol. The average Bonchev–Trinajstić information content (AvgIpc) is 3.86. The number of carboxylic acids is 1. The predicted molar refractivity (Wildman–Crippen MR) is 262 cm³/mol. The monoisotopic (exact) mass is 946 g/mol. The van der Waals surface area contributed by atoms with Crippen molar-refractivity contribution in [3.63, 3.8) is 0 Å². The maximum atomic E-state index is 14.0. The quantitative estimate of drug-likeness (QED) is 0.0590. The highest BCUT2D eigenvalue weighted by molar-refractivity contribution is 6.08. The van der Waals surface area contributed by atoms with Crippen molar-refractivity contribution < 1.29 is 48.0 Å². The van der Waals surface area contributed by atoms with Gasteiger partial charge in [-0.25, -0.2) is 4.79 Å². The molecule has 0 radical (unpaired) electrons. The van der Waals surface area contributed by atoms with Crippen LogP contribution in [0.1, 0.15) is 99.7 Å². The Morgan fingerprint density at radius 2 is 1.48 bits per heavy atom. The van der Waals surface area contributed by atoms with Gasteiger partial charge in [-0.3, -0.25) is 29.1 Å². The van der Waals surface area contributed by atoms with Crippen molar-refractivity contribution >= 4 is 41.0 Å². The second-order valence-electron chi connectivity index (χ2n) is 17.9. The summed E-state index contributed by atoms with van der Waals surface area (Å²) in [6.45, 7) is 5.78. The molecule has 2 N–H and O–H groups in total. The fourth-order valence-electron chi connectivity index (χ4n) is 9.17. The first-order chi connectivity index (χ1) is 33.5. The number of hydrogen-bond acceptors (Lipinski definition) is 12. The first-order valence-electron chi connectivity index (χ1n) is 24.3. The van der Waals surface area contributed by atoms with Gasteiger partial charge in [0, 0.05) is 75.4 Å². The normalized spacial score (nSPS) is 16.9. The number of carbonyl (C=O) groups is 5. The van der Waals surface area contributed by atoms with Gasteiger partial charge in [-0.2, -0.15) is 0 Å². The molecule has 2 saturated heterocycles. The van der Waals surface area contributed by atoms with E-state index >= 15 is 0 Å². The predicted octanol–water partition coefficient (Wildman–Crippen LogP) is 6.74. The molecule has 7 rings (SSSR count). The van der Waals surface area contributed by atoms with Gasteiger partial charge in [-0.15, -0.1) is 0 Å². The highest BCUT2D eigenvalue weighted by Gasteiger charge is 2.33. The van der Waals surface area contributed by atoms with Crippen LogP contribution in [-0.4, -0.2) is 153 Å². The van der Waals surface area contributed by atoms with Gasteiger partial charge in [0.25, 0.3) is 11.8 Å². The van der Waals surface area contributed by atoms with E-state index in [-0.39, 0.29) is 37.0 Å². The lowest BCUT2D eigenvalue weighted by atomic mass is 9.89. The summed E-state index contributed by atoms with van der Waals surface area (Å²) in [4.78, 5) is 78.0. The number of benzene rings is 3. The lowest BCUT2D eigenvalue weighted by Gasteiger charge is -2.29. The van der Waals surface area contributed by atoms with E-state index in [0.29, 0.717) is 86.3 Å². The van der Waals surface area contributed by atoms with Crippen molar-refractivity contribution in [3.05, 3.63) is 113 Å². The number of ether oxygens (including phenoxy) is 4. The second-order valence-corrected chi connectivity index (χ2v) is 17.9. The van der Waals surface area contributed by atoms with Gasteiger partial charge >= 0.3 is 11.9 Å². The smallest absolute Gasteiger partial charge is 0.338 e. The van der Waals surface area contributed by atoms with E-state index in [4.69, 9.17) is 24.1 Å². The van der Waals surface area contributed by atoms with E-state index < -0.39 is 17.8 Å². The maximum absolute atomic E-state index is 14.0. The molecule has 3 heterocycles. The van der Waals surface area contributed by atoms with Crippen LogP contribution in [0.2, 0.25) is 0 Å². The number of nitrogens with one attached hydrogen (secondary N) is 1. The largest absolute Gasteiger partial charge is 0.481 e. The number of aliphatic carboxylic acids is 1. The Kier molecular flexibility index (Phi) is 18.7. The van der Waals surface area contributed by atoms with Crippen LogP contribution in [0.15, 0.2) is 85.1 Å². The number of esters is 1. The van der Waals surface area contributed by atoms with Crippen molar-refractivity contribution in [2.45, 2.75) is 69.9 Å². The van der Waals surface area contributed by atoms with Crippen molar-refractivity contribution in [2.24, 2.45) is 0 Å². The Balaban J connectivity index is 0.936. The summed E-state index contributed by atoms with van der Waals surface area (Å²) in [5, 5.41) is 11.7. The molecule has 4 aromatic rings. The molecule has 368 valence electrons. The summed E-state index contributed by atoms with van der Waals surface area (Å²) < 4.78 is 22.4. The summed E-state index contributed by atoms with van der Waals surface area (Å²) in [6.07, 6.45) is 8.86. The Morgan fingerprint density at radius 3 is 2.28 bits per heavy atom. The molecule has 1 aliphatic carbocycles. The Morgan fingerprint density at radius 1 is 0.725 bits per heavy atom. The molecule has 1 aromatic heterocycles. The van der Waals surface area contributed by atoms with Crippen molar-refractivity contribution in [1.82, 2.24) is 19.7 Å². The number of rotatable bonds is 23. The van der Waals surface area contributed by atoms with Crippen LogP contribution in [0.4, 0.5) is 11.4 Å². The summed E-state index contributed by atoms with van der Waals surface area (Å²) in [5.74, 6) is -1.97. The molecule has 16 nitrogen and oxygen atoms in total. The topological polar surface area (TPSA) is 180 Å². The summed E-state index contributed by atoms with van der Waals surface area (Å²) in [7, 11) is 3.49. The zero-order valence-electron chi connectivity index (χ0n) is 39.9. The number of piperidine rings is 1. The van der Waals surface area contributed by atoms with Crippen molar-refractivity contribution in [3.8, 4) is 11.3 Å². The first kappa shape index (κ1) is 50.7. The lowest BCUT2D eigenvalue weighted by Crippen LogP contribution is -2.47. The van der Waals surface area contributed by atoms with Gasteiger partial charge in [0.2, 0.25) is 5.91 Å². The Bertz CT molecular complexity index is 2390. The lowest BCUT2D eigenvalue weighted by molar-refractivity contribution is -0.138. The fraction of sp³-hybridized carbons (Fsp3) is 0.472. The Labute approximate surface area is 404 Å². The number of pyridine rings is 1. The number of carbonyl (C=O) groups excluding carboxylic acids is 4. The third-order valence-electron chi connectivity index (χ3n) is 13.0.